The van der Waals surface area contributed by atoms with Crippen LogP contribution in [0.5, 0.6) is 0 Å². The lowest BCUT2D eigenvalue weighted by Gasteiger charge is -2.29. The number of nitrogens with one attached hydrogen (secondary N) is 1. The average molecular weight is 247 g/mol. The highest BCUT2D eigenvalue weighted by Crippen LogP contribution is 2.23. The molecule has 3 nitrogen and oxygen atoms in total. The van der Waals surface area contributed by atoms with Crippen molar-refractivity contribution >= 4 is 21.6 Å². The summed E-state index contributed by atoms with van der Waals surface area (Å²) in [5.74, 6) is 2.60. The van der Waals surface area contributed by atoms with Gasteiger partial charge in [-0.15, -0.1) is 0 Å². The van der Waals surface area contributed by atoms with Crippen LogP contribution in [0, 0.1) is 0 Å². The van der Waals surface area contributed by atoms with Crippen LogP contribution < -0.4 is 5.32 Å². The second kappa shape index (κ2) is 7.01. The van der Waals surface area contributed by atoms with E-state index in [1.807, 2.05) is 21.6 Å². The Labute approximate surface area is 101 Å². The number of hydrogen-bond acceptors (Lipinski definition) is 5. The Morgan fingerprint density at radius 3 is 1.93 bits per heavy atom. The molecule has 0 atom stereocenters. The molecule has 0 amide bonds. The first kappa shape index (κ1) is 12.0. The van der Waals surface area contributed by atoms with Crippen LogP contribution in [0.1, 0.15) is 0 Å². The summed E-state index contributed by atoms with van der Waals surface area (Å²) < 4.78 is 0. The van der Waals surface area contributed by atoms with Gasteiger partial charge in [-0.05, 0) is 0 Å². The molecule has 2 rings (SSSR count). The van der Waals surface area contributed by atoms with Gasteiger partial charge in [-0.1, -0.05) is 21.6 Å². The Hall–Kier alpha value is 0.580. The number of nitrogens with zero attached hydrogens (tertiary/aromatic N) is 2. The maximum absolute atomic E-state index is 3.40. The Morgan fingerprint density at radius 1 is 0.800 bits per heavy atom. The minimum atomic E-state index is 1.17. The van der Waals surface area contributed by atoms with E-state index in [4.69, 9.17) is 0 Å². The molecule has 0 radical (unpaired) electrons. The third kappa shape index (κ3) is 4.53. The van der Waals surface area contributed by atoms with Crippen LogP contribution in [0.3, 0.4) is 0 Å². The molecule has 2 fully saturated rings. The van der Waals surface area contributed by atoms with Crippen LogP contribution in [0.4, 0.5) is 0 Å². The van der Waals surface area contributed by atoms with Gasteiger partial charge in [-0.25, -0.2) is 0 Å². The Morgan fingerprint density at radius 2 is 1.33 bits per heavy atom. The van der Waals surface area contributed by atoms with Crippen molar-refractivity contribution < 1.29 is 0 Å². The molecule has 0 aliphatic carbocycles. The fourth-order valence-corrected chi connectivity index (χ4v) is 4.06. The van der Waals surface area contributed by atoms with Gasteiger partial charge < -0.3 is 10.2 Å². The van der Waals surface area contributed by atoms with Gasteiger partial charge in [0, 0.05) is 63.9 Å². The van der Waals surface area contributed by atoms with Gasteiger partial charge in [0.05, 0.1) is 0 Å². The van der Waals surface area contributed by atoms with Gasteiger partial charge in [-0.2, -0.15) is 0 Å². The molecule has 0 saturated carbocycles. The molecule has 2 aliphatic rings. The molecule has 0 spiro atoms. The van der Waals surface area contributed by atoms with Gasteiger partial charge in [0.2, 0.25) is 0 Å². The van der Waals surface area contributed by atoms with Gasteiger partial charge >= 0.3 is 0 Å². The van der Waals surface area contributed by atoms with Crippen LogP contribution in [0.15, 0.2) is 0 Å². The van der Waals surface area contributed by atoms with Crippen molar-refractivity contribution in [1.29, 1.82) is 0 Å². The normalized spacial score (nSPS) is 26.4. The SMILES string of the molecule is C1CN(CCN2CCSSCC2)CCN1. The number of rotatable bonds is 3. The third-order valence-electron chi connectivity index (χ3n) is 3.01. The van der Waals surface area contributed by atoms with E-state index >= 15 is 0 Å². The Kier molecular flexibility index (Phi) is 5.63. The van der Waals surface area contributed by atoms with Crippen molar-refractivity contribution in [1.82, 2.24) is 15.1 Å². The minimum absolute atomic E-state index is 1.17. The molecule has 2 aliphatic heterocycles. The fourth-order valence-electron chi connectivity index (χ4n) is 2.00. The van der Waals surface area contributed by atoms with Gasteiger partial charge in [0.25, 0.3) is 0 Å². The summed E-state index contributed by atoms with van der Waals surface area (Å²) in [6, 6.07) is 0. The zero-order valence-corrected chi connectivity index (χ0v) is 10.9. The molecule has 0 aromatic carbocycles. The second-order valence-electron chi connectivity index (χ2n) is 4.08. The predicted octanol–water partition coefficient (Wildman–Crippen LogP) is 0.589. The van der Waals surface area contributed by atoms with E-state index in [9.17, 15) is 0 Å². The van der Waals surface area contributed by atoms with Crippen molar-refractivity contribution in [3.05, 3.63) is 0 Å². The largest absolute Gasteiger partial charge is 0.314 e. The summed E-state index contributed by atoms with van der Waals surface area (Å²) in [6.07, 6.45) is 0. The molecule has 1 N–H and O–H groups in total. The van der Waals surface area contributed by atoms with Crippen LogP contribution in [-0.4, -0.2) is 73.7 Å². The van der Waals surface area contributed by atoms with E-state index in [1.54, 1.807) is 0 Å². The monoisotopic (exact) mass is 247 g/mol. The van der Waals surface area contributed by atoms with E-state index < -0.39 is 0 Å². The summed E-state index contributed by atoms with van der Waals surface area (Å²) >= 11 is 0. The first-order valence-electron chi connectivity index (χ1n) is 5.85. The van der Waals surface area contributed by atoms with Crippen LogP contribution in [0.2, 0.25) is 0 Å². The van der Waals surface area contributed by atoms with Crippen molar-refractivity contribution in [2.75, 3.05) is 63.9 Å². The van der Waals surface area contributed by atoms with Crippen molar-refractivity contribution in [3.63, 3.8) is 0 Å². The fraction of sp³-hybridized carbons (Fsp3) is 1.00. The highest BCUT2D eigenvalue weighted by molar-refractivity contribution is 8.76. The van der Waals surface area contributed by atoms with Crippen molar-refractivity contribution in [3.8, 4) is 0 Å². The summed E-state index contributed by atoms with van der Waals surface area (Å²) in [6.45, 7) is 9.90. The van der Waals surface area contributed by atoms with Crippen molar-refractivity contribution in [2.24, 2.45) is 0 Å². The lowest BCUT2D eigenvalue weighted by molar-refractivity contribution is 0.198. The van der Waals surface area contributed by atoms with E-state index in [2.05, 4.69) is 15.1 Å². The predicted molar refractivity (Wildman–Crippen MR) is 70.7 cm³/mol. The number of hydrogen-bond donors (Lipinski definition) is 1. The molecule has 0 unspecified atom stereocenters. The van der Waals surface area contributed by atoms with E-state index in [0.29, 0.717) is 0 Å². The number of piperazine rings is 1. The summed E-state index contributed by atoms with van der Waals surface area (Å²) in [5.41, 5.74) is 0. The Bertz CT molecular complexity index is 166. The maximum atomic E-state index is 3.40. The van der Waals surface area contributed by atoms with Gasteiger partial charge in [0.15, 0.2) is 0 Å². The van der Waals surface area contributed by atoms with E-state index in [-0.39, 0.29) is 0 Å². The second-order valence-corrected chi connectivity index (χ2v) is 6.78. The van der Waals surface area contributed by atoms with E-state index in [0.717, 1.165) is 0 Å². The first-order chi connectivity index (χ1) is 7.45. The lowest BCUT2D eigenvalue weighted by Crippen LogP contribution is -2.46. The molecule has 15 heavy (non-hydrogen) atoms. The average Bonchev–Trinajstić information content (AvgIpc) is 2.56. The molecule has 2 heterocycles. The zero-order chi connectivity index (χ0) is 10.3. The molecular weight excluding hydrogens is 226 g/mol. The molecule has 0 bridgehead atoms. The topological polar surface area (TPSA) is 18.5 Å². The molecule has 0 aromatic heterocycles. The maximum Gasteiger partial charge on any atom is 0.0165 e. The van der Waals surface area contributed by atoms with Crippen molar-refractivity contribution in [2.45, 2.75) is 0 Å². The van der Waals surface area contributed by atoms with Crippen LogP contribution >= 0.6 is 21.6 Å². The smallest absolute Gasteiger partial charge is 0.0165 e. The molecule has 5 heteroatoms. The first-order valence-corrected chi connectivity index (χ1v) is 8.34. The molecular formula is C10H21N3S2. The van der Waals surface area contributed by atoms with E-state index in [1.165, 1.54) is 63.9 Å². The molecule has 2 saturated heterocycles. The van der Waals surface area contributed by atoms with Crippen LogP contribution in [0.25, 0.3) is 0 Å². The molecule has 0 aromatic rings. The van der Waals surface area contributed by atoms with Gasteiger partial charge in [-0.3, -0.25) is 4.90 Å². The molecule has 88 valence electrons. The summed E-state index contributed by atoms with van der Waals surface area (Å²) in [4.78, 5) is 5.21. The van der Waals surface area contributed by atoms with Gasteiger partial charge in [0.1, 0.15) is 0 Å². The lowest BCUT2D eigenvalue weighted by atomic mass is 10.3. The summed E-state index contributed by atoms with van der Waals surface area (Å²) in [5, 5.41) is 3.40. The Balaban J connectivity index is 1.62. The summed E-state index contributed by atoms with van der Waals surface area (Å²) in [7, 11) is 4.06. The highest BCUT2D eigenvalue weighted by atomic mass is 33.1. The standard InChI is InChI=1S/C10H21N3S2/c1-3-12(4-2-11-1)5-6-13-7-9-14-15-10-8-13/h11H,1-10H2. The quantitative estimate of drug-likeness (QED) is 0.734. The highest BCUT2D eigenvalue weighted by Gasteiger charge is 2.13. The zero-order valence-electron chi connectivity index (χ0n) is 9.28. The third-order valence-corrected chi connectivity index (χ3v) is 5.37. The van der Waals surface area contributed by atoms with Crippen LogP contribution in [-0.2, 0) is 0 Å². The minimum Gasteiger partial charge on any atom is -0.314 e.